The van der Waals surface area contributed by atoms with Crippen molar-refractivity contribution in [1.29, 1.82) is 0 Å². The Labute approximate surface area is 337 Å². The van der Waals surface area contributed by atoms with Crippen molar-refractivity contribution in [3.05, 3.63) is 72.0 Å². The third-order valence-corrected chi connectivity index (χ3v) is 11.9. The average molecular weight is 818 g/mol. The molecule has 4 aromatic rings. The minimum absolute atomic E-state index is 0.00411. The number of pyridine rings is 1. The van der Waals surface area contributed by atoms with E-state index in [1.165, 1.54) is 23.9 Å². The van der Waals surface area contributed by atoms with Crippen LogP contribution in [0.3, 0.4) is 0 Å². The van der Waals surface area contributed by atoms with Gasteiger partial charge < -0.3 is 26.1 Å². The van der Waals surface area contributed by atoms with Gasteiger partial charge in [0.15, 0.2) is 11.4 Å². The first-order chi connectivity index (χ1) is 28.3. The van der Waals surface area contributed by atoms with Crippen molar-refractivity contribution < 1.29 is 36.8 Å². The molecule has 312 valence electrons. The average Bonchev–Trinajstić information content (AvgIpc) is 3.87. The SMILES string of the molecule is NC(=O)c1nn(C2CCC(N3CCN(C4CC(c5ccc(N[C@@H]6CCC(=O)NC6=O)cc5)C4)CC3)CC2)cc1NC(=O)c1coc(-c2ccnc(NCC(F)(F)F)c2)n1. The molecule has 4 amide bonds. The molecule has 6 N–H and O–H groups in total. The van der Waals surface area contributed by atoms with Gasteiger partial charge >= 0.3 is 6.18 Å². The first-order valence-corrected chi connectivity index (χ1v) is 20.0. The van der Waals surface area contributed by atoms with Crippen molar-refractivity contribution in [2.45, 2.75) is 87.6 Å². The van der Waals surface area contributed by atoms with E-state index in [1.54, 1.807) is 10.9 Å². The second-order valence-electron chi connectivity index (χ2n) is 15.8. The van der Waals surface area contributed by atoms with Gasteiger partial charge in [0.1, 0.15) is 24.7 Å². The van der Waals surface area contributed by atoms with Crippen LogP contribution < -0.4 is 27.0 Å². The van der Waals surface area contributed by atoms with Gasteiger partial charge in [-0.2, -0.15) is 18.3 Å². The number of halogens is 3. The number of carbonyl (C=O) groups is 4. The van der Waals surface area contributed by atoms with Gasteiger partial charge in [0.05, 0.1) is 11.7 Å². The second kappa shape index (κ2) is 16.8. The maximum Gasteiger partial charge on any atom is 0.405 e. The molecule has 2 saturated carbocycles. The van der Waals surface area contributed by atoms with Gasteiger partial charge in [0.25, 0.3) is 11.8 Å². The number of anilines is 3. The number of imide groups is 1. The van der Waals surface area contributed by atoms with Crippen LogP contribution in [0.5, 0.6) is 0 Å². The van der Waals surface area contributed by atoms with Gasteiger partial charge in [-0.25, -0.2) is 9.97 Å². The molecule has 2 saturated heterocycles. The topological polar surface area (TPSA) is 206 Å². The molecule has 0 radical (unpaired) electrons. The number of amides is 4. The summed E-state index contributed by atoms with van der Waals surface area (Å²) in [6.07, 6.45) is 6.34. The molecule has 2 aliphatic heterocycles. The summed E-state index contributed by atoms with van der Waals surface area (Å²) in [5.74, 6) is -1.49. The van der Waals surface area contributed by atoms with Crippen LogP contribution in [0.2, 0.25) is 0 Å². The Morgan fingerprint density at radius 1 is 0.932 bits per heavy atom. The molecule has 0 bridgehead atoms. The van der Waals surface area contributed by atoms with Crippen molar-refractivity contribution in [3.8, 4) is 11.5 Å². The standard InChI is InChI=1S/C40H46F3N11O5/c41-40(42,43)22-46-33-19-24(11-12-45-33)39-49-32(21-59-39)38(58)48-31-20-54(51-35(31)36(44)56)28-7-5-27(6-8-28)52-13-15-53(16-14-52)29-17-25(18-29)23-1-3-26(4-2-23)47-30-9-10-34(55)50-37(30)57/h1-4,11-12,19-21,25,27-30,47H,5-10,13-18,22H2,(H2,44,56)(H,45,46)(H,48,58)(H,50,55,57)/t25?,27?,28?,29?,30-/m1/s1. The normalized spacial score (nSPS) is 24.2. The van der Waals surface area contributed by atoms with E-state index in [2.05, 4.69) is 58.3 Å². The van der Waals surface area contributed by atoms with E-state index in [0.29, 0.717) is 36.4 Å². The highest BCUT2D eigenvalue weighted by Gasteiger charge is 2.38. The van der Waals surface area contributed by atoms with Crippen LogP contribution in [0.4, 0.5) is 30.4 Å². The van der Waals surface area contributed by atoms with Gasteiger partial charge in [0.2, 0.25) is 17.7 Å². The van der Waals surface area contributed by atoms with Crippen LogP contribution in [-0.2, 0) is 9.59 Å². The Balaban J connectivity index is 0.785. The molecule has 4 fully saturated rings. The number of alkyl halides is 3. The number of carbonyl (C=O) groups excluding carboxylic acids is 4. The molecule has 5 heterocycles. The first-order valence-electron chi connectivity index (χ1n) is 20.0. The Morgan fingerprint density at radius 3 is 2.31 bits per heavy atom. The number of hydrogen-bond acceptors (Lipinski definition) is 12. The fourth-order valence-electron chi connectivity index (χ4n) is 8.60. The number of nitrogens with two attached hydrogens (primary N) is 1. The van der Waals surface area contributed by atoms with Gasteiger partial charge in [-0.15, -0.1) is 0 Å². The van der Waals surface area contributed by atoms with E-state index in [-0.39, 0.29) is 46.6 Å². The summed E-state index contributed by atoms with van der Waals surface area (Å²) in [5, 5.41) is 15.0. The monoisotopic (exact) mass is 817 g/mol. The number of aromatic nitrogens is 4. The van der Waals surface area contributed by atoms with Gasteiger partial charge in [-0.1, -0.05) is 12.1 Å². The van der Waals surface area contributed by atoms with E-state index in [0.717, 1.165) is 76.7 Å². The summed E-state index contributed by atoms with van der Waals surface area (Å²) in [5.41, 5.74) is 8.10. The molecule has 8 rings (SSSR count). The molecule has 2 aliphatic carbocycles. The maximum atomic E-state index is 13.2. The summed E-state index contributed by atoms with van der Waals surface area (Å²) in [6.45, 7) is 2.83. The predicted octanol–water partition coefficient (Wildman–Crippen LogP) is 4.52. The molecule has 1 atom stereocenters. The fourth-order valence-corrected chi connectivity index (χ4v) is 8.60. The molecule has 1 aromatic carbocycles. The van der Waals surface area contributed by atoms with Crippen molar-refractivity contribution >= 4 is 40.8 Å². The van der Waals surface area contributed by atoms with Gasteiger partial charge in [0, 0.05) is 68.3 Å². The number of hydrogen-bond donors (Lipinski definition) is 5. The number of nitrogens with one attached hydrogen (secondary N) is 4. The molecule has 19 heteroatoms. The first kappa shape index (κ1) is 40.0. The molecule has 3 aromatic heterocycles. The van der Waals surface area contributed by atoms with Crippen molar-refractivity contribution in [2.24, 2.45) is 5.73 Å². The third-order valence-electron chi connectivity index (χ3n) is 11.9. The Morgan fingerprint density at radius 2 is 1.63 bits per heavy atom. The minimum Gasteiger partial charge on any atom is -0.444 e. The number of nitrogens with zero attached hydrogens (tertiary/aromatic N) is 6. The van der Waals surface area contributed by atoms with Crippen LogP contribution in [-0.4, -0.2) is 110 Å². The number of oxazole rings is 1. The maximum absolute atomic E-state index is 13.2. The molecular weight excluding hydrogens is 772 g/mol. The highest BCUT2D eigenvalue weighted by Crippen LogP contribution is 2.41. The number of rotatable bonds is 12. The van der Waals surface area contributed by atoms with Crippen LogP contribution in [0, 0.1) is 0 Å². The van der Waals surface area contributed by atoms with E-state index in [4.69, 9.17) is 10.2 Å². The predicted molar refractivity (Wildman–Crippen MR) is 209 cm³/mol. The highest BCUT2D eigenvalue weighted by molar-refractivity contribution is 6.07. The summed E-state index contributed by atoms with van der Waals surface area (Å²) < 4.78 is 45.0. The van der Waals surface area contributed by atoms with E-state index in [9.17, 15) is 32.3 Å². The minimum atomic E-state index is -4.43. The molecular formula is C40H46F3N11O5. The number of piperazine rings is 1. The summed E-state index contributed by atoms with van der Waals surface area (Å²) >= 11 is 0. The van der Waals surface area contributed by atoms with Gasteiger partial charge in [-0.05, 0) is 80.7 Å². The quantitative estimate of drug-likeness (QED) is 0.125. The zero-order valence-electron chi connectivity index (χ0n) is 32.2. The zero-order valence-corrected chi connectivity index (χ0v) is 32.2. The fraction of sp³-hybridized carbons (Fsp3) is 0.475. The van der Waals surface area contributed by atoms with Crippen LogP contribution in [0.1, 0.15) is 89.9 Å². The molecule has 16 nitrogen and oxygen atoms in total. The lowest BCUT2D eigenvalue weighted by Crippen LogP contribution is -2.56. The third kappa shape index (κ3) is 9.41. The Bertz CT molecular complexity index is 2170. The molecule has 0 spiro atoms. The van der Waals surface area contributed by atoms with E-state index >= 15 is 0 Å². The largest absolute Gasteiger partial charge is 0.444 e. The lowest BCUT2D eigenvalue weighted by molar-refractivity contribution is -0.133. The van der Waals surface area contributed by atoms with E-state index in [1.807, 2.05) is 12.1 Å². The Hall–Kier alpha value is -5.82. The molecule has 59 heavy (non-hydrogen) atoms. The number of benzene rings is 1. The number of piperidine rings is 1. The van der Waals surface area contributed by atoms with Crippen LogP contribution >= 0.6 is 0 Å². The molecule has 4 aliphatic rings. The zero-order chi connectivity index (χ0) is 41.3. The smallest absolute Gasteiger partial charge is 0.405 e. The van der Waals surface area contributed by atoms with Crippen LogP contribution in [0.15, 0.2) is 59.5 Å². The highest BCUT2D eigenvalue weighted by atomic mass is 19.4. The van der Waals surface area contributed by atoms with Gasteiger partial charge in [-0.3, -0.25) is 39.0 Å². The lowest BCUT2D eigenvalue weighted by atomic mass is 9.75. The van der Waals surface area contributed by atoms with Crippen LogP contribution in [0.25, 0.3) is 11.5 Å². The number of primary amides is 1. The molecule has 0 unspecified atom stereocenters. The summed E-state index contributed by atoms with van der Waals surface area (Å²) in [6, 6.07) is 11.8. The summed E-state index contributed by atoms with van der Waals surface area (Å²) in [4.78, 5) is 62.3. The second-order valence-corrected chi connectivity index (χ2v) is 15.8. The summed E-state index contributed by atoms with van der Waals surface area (Å²) in [7, 11) is 0. The van der Waals surface area contributed by atoms with Crippen molar-refractivity contribution in [3.63, 3.8) is 0 Å². The Kier molecular flexibility index (Phi) is 11.4. The van der Waals surface area contributed by atoms with E-state index < -0.39 is 30.6 Å². The van der Waals surface area contributed by atoms with Crippen molar-refractivity contribution in [1.82, 2.24) is 34.9 Å². The lowest BCUT2D eigenvalue weighted by Gasteiger charge is -2.48. The van der Waals surface area contributed by atoms with Crippen molar-refractivity contribution in [2.75, 3.05) is 48.7 Å².